The van der Waals surface area contributed by atoms with E-state index in [0.717, 1.165) is 9.13 Å². The van der Waals surface area contributed by atoms with Crippen LogP contribution < -0.4 is 10.1 Å². The lowest BCUT2D eigenvalue weighted by Gasteiger charge is -2.22. The molecule has 0 aromatic heterocycles. The van der Waals surface area contributed by atoms with Gasteiger partial charge in [-0.3, -0.25) is 0 Å². The monoisotopic (exact) mass is 449 g/mol. The minimum atomic E-state index is -1.13. The summed E-state index contributed by atoms with van der Waals surface area (Å²) < 4.78 is 11.8. The molecule has 0 aliphatic carbocycles. The first kappa shape index (κ1) is 20.5. The van der Waals surface area contributed by atoms with Gasteiger partial charge in [-0.1, -0.05) is 0 Å². The molecule has 7 heteroatoms. The molecule has 0 fully saturated rings. The number of carboxylic acid groups (broad SMARTS) is 1. The van der Waals surface area contributed by atoms with Crippen LogP contribution in [0.5, 0.6) is 5.75 Å². The SMILES string of the molecule is CC(C)Oc1ccc(I)cc1C[C@H](NC(=O)OC(C)(C)C)C(=O)O. The largest absolute Gasteiger partial charge is 0.491 e. The number of halogens is 1. The predicted octanol–water partition coefficient (Wildman–Crippen LogP) is 3.60. The maximum atomic E-state index is 11.9. The van der Waals surface area contributed by atoms with Crippen LogP contribution in [0, 0.1) is 3.57 Å². The number of nitrogens with one attached hydrogen (secondary N) is 1. The van der Waals surface area contributed by atoms with Gasteiger partial charge in [0.15, 0.2) is 0 Å². The fourth-order valence-corrected chi connectivity index (χ4v) is 2.50. The Hall–Kier alpha value is -1.51. The van der Waals surface area contributed by atoms with E-state index >= 15 is 0 Å². The second kappa shape index (κ2) is 8.55. The summed E-state index contributed by atoms with van der Waals surface area (Å²) in [5, 5.41) is 11.8. The Morgan fingerprint density at radius 2 is 1.92 bits per heavy atom. The van der Waals surface area contributed by atoms with Gasteiger partial charge < -0.3 is 19.9 Å². The van der Waals surface area contributed by atoms with E-state index in [4.69, 9.17) is 9.47 Å². The maximum absolute atomic E-state index is 11.9. The van der Waals surface area contributed by atoms with Crippen molar-refractivity contribution in [2.75, 3.05) is 0 Å². The van der Waals surface area contributed by atoms with Crippen molar-refractivity contribution >= 4 is 34.7 Å². The summed E-state index contributed by atoms with van der Waals surface area (Å²) in [4.78, 5) is 23.4. The molecule has 0 saturated heterocycles. The first-order valence-corrected chi connectivity index (χ1v) is 8.73. The number of benzene rings is 1. The topological polar surface area (TPSA) is 84.9 Å². The quantitative estimate of drug-likeness (QED) is 0.649. The third-order valence-corrected chi connectivity index (χ3v) is 3.47. The zero-order valence-electron chi connectivity index (χ0n) is 14.6. The number of aliphatic carboxylic acids is 1. The van der Waals surface area contributed by atoms with Gasteiger partial charge in [-0.25, -0.2) is 9.59 Å². The molecule has 1 rings (SSSR count). The van der Waals surface area contributed by atoms with Crippen LogP contribution in [0.1, 0.15) is 40.2 Å². The summed E-state index contributed by atoms with van der Waals surface area (Å²) in [6.07, 6.45) is -0.689. The molecule has 1 atom stereocenters. The molecule has 0 radical (unpaired) electrons. The number of ether oxygens (including phenoxy) is 2. The number of hydrogen-bond donors (Lipinski definition) is 2. The van der Waals surface area contributed by atoms with E-state index in [2.05, 4.69) is 27.9 Å². The van der Waals surface area contributed by atoms with Crippen molar-refractivity contribution in [3.05, 3.63) is 27.3 Å². The van der Waals surface area contributed by atoms with E-state index in [-0.39, 0.29) is 12.5 Å². The third-order valence-electron chi connectivity index (χ3n) is 2.80. The van der Waals surface area contributed by atoms with Gasteiger partial charge in [-0.05, 0) is 81.0 Å². The predicted molar refractivity (Wildman–Crippen MR) is 99.4 cm³/mol. The molecule has 0 saturated carbocycles. The molecule has 1 aromatic rings. The molecule has 0 bridgehead atoms. The van der Waals surface area contributed by atoms with E-state index in [1.165, 1.54) is 0 Å². The van der Waals surface area contributed by atoms with E-state index in [1.54, 1.807) is 20.8 Å². The third kappa shape index (κ3) is 7.37. The number of carbonyl (C=O) groups excluding carboxylic acids is 1. The fraction of sp³-hybridized carbons (Fsp3) is 0.529. The van der Waals surface area contributed by atoms with Crippen molar-refractivity contribution in [1.29, 1.82) is 0 Å². The zero-order valence-corrected chi connectivity index (χ0v) is 16.7. The zero-order chi connectivity index (χ0) is 18.5. The highest BCUT2D eigenvalue weighted by molar-refractivity contribution is 14.1. The summed E-state index contributed by atoms with van der Waals surface area (Å²) in [6.45, 7) is 8.95. The van der Waals surface area contributed by atoms with Gasteiger partial charge in [0.2, 0.25) is 0 Å². The average molecular weight is 449 g/mol. The molecule has 0 spiro atoms. The van der Waals surface area contributed by atoms with Crippen molar-refractivity contribution in [3.63, 3.8) is 0 Å². The molecule has 0 unspecified atom stereocenters. The van der Waals surface area contributed by atoms with E-state index in [0.29, 0.717) is 5.75 Å². The molecule has 1 aromatic carbocycles. The van der Waals surface area contributed by atoms with Crippen LogP contribution in [-0.2, 0) is 16.0 Å². The Kier molecular flexibility index (Phi) is 7.31. The first-order chi connectivity index (χ1) is 11.0. The smallest absolute Gasteiger partial charge is 0.408 e. The summed E-state index contributed by atoms with van der Waals surface area (Å²) in [7, 11) is 0. The Bertz CT molecular complexity index is 595. The Morgan fingerprint density at radius 1 is 1.29 bits per heavy atom. The lowest BCUT2D eigenvalue weighted by Crippen LogP contribution is -2.44. The molecule has 6 nitrogen and oxygen atoms in total. The number of carboxylic acids is 1. The molecule has 134 valence electrons. The summed E-state index contributed by atoms with van der Waals surface area (Å²) in [5.41, 5.74) is 0.0281. The number of amides is 1. The molecule has 24 heavy (non-hydrogen) atoms. The van der Waals surface area contributed by atoms with Crippen LogP contribution in [0.25, 0.3) is 0 Å². The lowest BCUT2D eigenvalue weighted by molar-refractivity contribution is -0.139. The van der Waals surface area contributed by atoms with Gasteiger partial charge in [-0.15, -0.1) is 0 Å². The van der Waals surface area contributed by atoms with Crippen LogP contribution in [0.3, 0.4) is 0 Å². The van der Waals surface area contributed by atoms with Crippen LogP contribution >= 0.6 is 22.6 Å². The maximum Gasteiger partial charge on any atom is 0.408 e. The highest BCUT2D eigenvalue weighted by atomic mass is 127. The highest BCUT2D eigenvalue weighted by Crippen LogP contribution is 2.24. The molecule has 2 N–H and O–H groups in total. The Morgan fingerprint density at radius 3 is 2.42 bits per heavy atom. The van der Waals surface area contributed by atoms with Crippen molar-refractivity contribution in [2.45, 2.75) is 58.8 Å². The summed E-state index contributed by atoms with van der Waals surface area (Å²) in [6, 6.07) is 4.44. The standard InChI is InChI=1S/C17H24INO5/c1-10(2)23-14-7-6-12(18)8-11(14)9-13(15(20)21)19-16(22)24-17(3,4)5/h6-8,10,13H,9H2,1-5H3,(H,19,22)(H,20,21)/t13-/m0/s1. The second-order valence-corrected chi connectivity index (χ2v) is 7.91. The number of alkyl carbamates (subject to hydrolysis) is 1. The molecular formula is C17H24INO5. The van der Waals surface area contributed by atoms with Crippen molar-refractivity contribution in [2.24, 2.45) is 0 Å². The normalized spacial score (nSPS) is 12.6. The second-order valence-electron chi connectivity index (χ2n) is 6.66. The first-order valence-electron chi connectivity index (χ1n) is 7.65. The van der Waals surface area contributed by atoms with Crippen LogP contribution in [0.15, 0.2) is 18.2 Å². The Balaban J connectivity index is 2.94. The van der Waals surface area contributed by atoms with Gasteiger partial charge in [0.1, 0.15) is 17.4 Å². The molecule has 0 aliphatic rings. The van der Waals surface area contributed by atoms with Gasteiger partial charge in [0.05, 0.1) is 6.10 Å². The highest BCUT2D eigenvalue weighted by Gasteiger charge is 2.25. The average Bonchev–Trinajstić information content (AvgIpc) is 2.38. The molecular weight excluding hydrogens is 425 g/mol. The van der Waals surface area contributed by atoms with Crippen LogP contribution in [0.4, 0.5) is 4.79 Å². The van der Waals surface area contributed by atoms with E-state index in [9.17, 15) is 14.7 Å². The van der Waals surface area contributed by atoms with E-state index < -0.39 is 23.7 Å². The number of rotatable bonds is 6. The van der Waals surface area contributed by atoms with Gasteiger partial charge in [-0.2, -0.15) is 0 Å². The fourth-order valence-electron chi connectivity index (χ4n) is 1.95. The van der Waals surface area contributed by atoms with Crippen LogP contribution in [-0.4, -0.2) is 34.9 Å². The molecule has 0 aliphatic heterocycles. The number of carbonyl (C=O) groups is 2. The van der Waals surface area contributed by atoms with Crippen molar-refractivity contribution < 1.29 is 24.2 Å². The van der Waals surface area contributed by atoms with E-state index in [1.807, 2.05) is 32.0 Å². The summed E-state index contributed by atoms with van der Waals surface area (Å²) >= 11 is 2.15. The van der Waals surface area contributed by atoms with Gasteiger partial charge in [0, 0.05) is 9.99 Å². The number of hydrogen-bond acceptors (Lipinski definition) is 4. The molecule has 0 heterocycles. The van der Waals surface area contributed by atoms with Crippen LogP contribution in [0.2, 0.25) is 0 Å². The molecule has 1 amide bonds. The minimum Gasteiger partial charge on any atom is -0.491 e. The Labute approximate surface area is 156 Å². The lowest BCUT2D eigenvalue weighted by atomic mass is 10.0. The minimum absolute atomic E-state index is 0.0362. The van der Waals surface area contributed by atoms with Gasteiger partial charge >= 0.3 is 12.1 Å². The van der Waals surface area contributed by atoms with Crippen molar-refractivity contribution in [3.8, 4) is 5.75 Å². The summed E-state index contributed by atoms with van der Waals surface area (Å²) in [5.74, 6) is -0.516. The van der Waals surface area contributed by atoms with Crippen molar-refractivity contribution in [1.82, 2.24) is 5.32 Å². The van der Waals surface area contributed by atoms with Gasteiger partial charge in [0.25, 0.3) is 0 Å².